The van der Waals surface area contributed by atoms with E-state index in [1.54, 1.807) is 30.3 Å². The number of aromatic nitrogens is 1. The number of hydrogen-bond acceptors (Lipinski definition) is 5. The lowest BCUT2D eigenvalue weighted by Crippen LogP contribution is -2.34. The van der Waals surface area contributed by atoms with Gasteiger partial charge in [-0.1, -0.05) is 42.5 Å². The van der Waals surface area contributed by atoms with Crippen LogP contribution in [0, 0.1) is 0 Å². The van der Waals surface area contributed by atoms with Crippen molar-refractivity contribution in [1.29, 1.82) is 0 Å². The van der Waals surface area contributed by atoms with Gasteiger partial charge >= 0.3 is 0 Å². The molecule has 0 saturated heterocycles. The number of aliphatic hydroxyl groups is 1. The molecule has 0 fully saturated rings. The van der Waals surface area contributed by atoms with Crippen molar-refractivity contribution in [3.05, 3.63) is 96.2 Å². The molecule has 156 valence electrons. The smallest absolute Gasteiger partial charge is 0.130 e. The molecule has 0 spiro atoms. The van der Waals surface area contributed by atoms with Crippen LogP contribution in [0.15, 0.2) is 89.8 Å². The van der Waals surface area contributed by atoms with Crippen LogP contribution in [0.2, 0.25) is 0 Å². The van der Waals surface area contributed by atoms with Crippen molar-refractivity contribution in [3.8, 4) is 11.5 Å². The lowest BCUT2D eigenvalue weighted by molar-refractivity contribution is 0.120. The topological polar surface area (TPSA) is 68.7 Å². The van der Waals surface area contributed by atoms with E-state index in [9.17, 15) is 9.32 Å². The zero-order chi connectivity index (χ0) is 21.2. The number of pyridine rings is 1. The van der Waals surface area contributed by atoms with E-state index in [0.29, 0.717) is 28.6 Å². The van der Waals surface area contributed by atoms with Crippen LogP contribution in [0.1, 0.15) is 17.4 Å². The van der Waals surface area contributed by atoms with Crippen molar-refractivity contribution in [1.82, 2.24) is 4.98 Å². The van der Waals surface area contributed by atoms with Crippen LogP contribution in [0.25, 0.3) is 10.9 Å². The third kappa shape index (κ3) is 4.04. The highest BCUT2D eigenvalue weighted by molar-refractivity contribution is 7.85. The Kier molecular flexibility index (Phi) is 5.40. The van der Waals surface area contributed by atoms with Crippen LogP contribution in [-0.2, 0) is 17.4 Å². The fraction of sp³-hybridized carbons (Fsp3) is 0.160. The largest absolute Gasteiger partial charge is 0.492 e. The summed E-state index contributed by atoms with van der Waals surface area (Å²) in [6, 6.07) is 26.4. The van der Waals surface area contributed by atoms with Crippen molar-refractivity contribution in [3.63, 3.8) is 0 Å². The van der Waals surface area contributed by atoms with E-state index in [-0.39, 0.29) is 6.61 Å². The summed E-state index contributed by atoms with van der Waals surface area (Å²) in [5, 5.41) is 11.5. The van der Waals surface area contributed by atoms with Gasteiger partial charge in [-0.05, 0) is 42.5 Å². The zero-order valence-corrected chi connectivity index (χ0v) is 17.5. The van der Waals surface area contributed by atoms with Gasteiger partial charge in [0, 0.05) is 15.8 Å². The van der Waals surface area contributed by atoms with E-state index >= 15 is 0 Å². The van der Waals surface area contributed by atoms with Gasteiger partial charge in [0.05, 0.1) is 22.0 Å². The number of benzene rings is 3. The molecule has 5 rings (SSSR count). The summed E-state index contributed by atoms with van der Waals surface area (Å²) in [4.78, 5) is 5.30. The lowest BCUT2D eigenvalue weighted by atomic mass is 10.0. The first-order valence-electron chi connectivity index (χ1n) is 10.1. The number of rotatable bonds is 5. The van der Waals surface area contributed by atoms with Gasteiger partial charge in [0.1, 0.15) is 36.1 Å². The molecule has 4 aromatic rings. The van der Waals surface area contributed by atoms with Crippen molar-refractivity contribution >= 4 is 21.7 Å². The first kappa shape index (κ1) is 19.7. The SMILES string of the molecule is O=S(c1ccccc1)[C@H]1COc2ccc(OCc3ccc4ccccc4n3)cc2[C@@H]1O. The molecule has 0 amide bonds. The Morgan fingerprint density at radius 3 is 2.68 bits per heavy atom. The Morgan fingerprint density at radius 1 is 1.00 bits per heavy atom. The van der Waals surface area contributed by atoms with E-state index in [4.69, 9.17) is 9.47 Å². The molecule has 1 unspecified atom stereocenters. The van der Waals surface area contributed by atoms with Crippen LogP contribution in [0.3, 0.4) is 0 Å². The lowest BCUT2D eigenvalue weighted by Gasteiger charge is -2.30. The summed E-state index contributed by atoms with van der Waals surface area (Å²) in [5.41, 5.74) is 2.32. The van der Waals surface area contributed by atoms with Crippen molar-refractivity contribution in [2.45, 2.75) is 22.9 Å². The van der Waals surface area contributed by atoms with Gasteiger partial charge in [-0.25, -0.2) is 4.98 Å². The van der Waals surface area contributed by atoms with E-state index < -0.39 is 22.2 Å². The van der Waals surface area contributed by atoms with Gasteiger partial charge < -0.3 is 14.6 Å². The molecule has 3 atom stereocenters. The highest BCUT2D eigenvalue weighted by atomic mass is 32.2. The fourth-order valence-corrected chi connectivity index (χ4v) is 5.04. The Labute approximate surface area is 182 Å². The van der Waals surface area contributed by atoms with Gasteiger partial charge in [-0.3, -0.25) is 4.21 Å². The molecule has 1 aliphatic rings. The number of aliphatic hydroxyl groups excluding tert-OH is 1. The second-order valence-corrected chi connectivity index (χ2v) is 9.06. The van der Waals surface area contributed by atoms with Gasteiger partial charge in [-0.2, -0.15) is 0 Å². The second-order valence-electron chi connectivity index (χ2n) is 7.39. The minimum Gasteiger partial charge on any atom is -0.492 e. The van der Waals surface area contributed by atoms with E-state index in [1.807, 2.05) is 54.6 Å². The minimum atomic E-state index is -1.39. The van der Waals surface area contributed by atoms with E-state index in [2.05, 4.69) is 4.98 Å². The summed E-state index contributed by atoms with van der Waals surface area (Å²) in [6.07, 6.45) is -0.910. The molecule has 1 N–H and O–H groups in total. The maximum atomic E-state index is 13.0. The normalized spacial score (nSPS) is 18.7. The van der Waals surface area contributed by atoms with E-state index in [0.717, 1.165) is 16.6 Å². The highest BCUT2D eigenvalue weighted by Crippen LogP contribution is 2.38. The van der Waals surface area contributed by atoms with E-state index in [1.165, 1.54) is 0 Å². The standard InChI is InChI=1S/C25H21NO4S/c27-25-21-14-19(29-15-18-11-10-17-6-4-5-9-22(17)26-18)12-13-23(21)30-16-24(25)31(28)20-7-2-1-3-8-20/h1-14,24-25,27H,15-16H2/t24-,25-,31?/m0/s1. The van der Waals surface area contributed by atoms with Gasteiger partial charge in [-0.15, -0.1) is 0 Å². The molecule has 3 aromatic carbocycles. The Morgan fingerprint density at radius 2 is 1.81 bits per heavy atom. The summed E-state index contributed by atoms with van der Waals surface area (Å²) in [7, 11) is -1.39. The Hall–Kier alpha value is -3.22. The van der Waals surface area contributed by atoms with Crippen LogP contribution >= 0.6 is 0 Å². The molecular formula is C25H21NO4S. The first-order chi connectivity index (χ1) is 15.2. The molecule has 31 heavy (non-hydrogen) atoms. The Balaban J connectivity index is 1.33. The van der Waals surface area contributed by atoms with Gasteiger partial charge in [0.15, 0.2) is 0 Å². The third-order valence-electron chi connectivity index (χ3n) is 5.35. The van der Waals surface area contributed by atoms with Crippen LogP contribution in [-0.4, -0.2) is 26.2 Å². The number of fused-ring (bicyclic) bond motifs is 2. The fourth-order valence-electron chi connectivity index (χ4n) is 3.70. The monoisotopic (exact) mass is 431 g/mol. The Bertz CT molecular complexity index is 1240. The first-order valence-corrected chi connectivity index (χ1v) is 11.3. The predicted molar refractivity (Wildman–Crippen MR) is 120 cm³/mol. The molecule has 5 nitrogen and oxygen atoms in total. The summed E-state index contributed by atoms with van der Waals surface area (Å²) >= 11 is 0. The van der Waals surface area contributed by atoms with Crippen molar-refractivity contribution in [2.75, 3.05) is 6.61 Å². The average Bonchev–Trinajstić information content (AvgIpc) is 2.83. The van der Waals surface area contributed by atoms with Gasteiger partial charge in [0.25, 0.3) is 0 Å². The highest BCUT2D eigenvalue weighted by Gasteiger charge is 2.34. The van der Waals surface area contributed by atoms with Crippen molar-refractivity contribution < 1.29 is 18.8 Å². The summed E-state index contributed by atoms with van der Waals surface area (Å²) in [5.74, 6) is 1.19. The number of para-hydroxylation sites is 1. The van der Waals surface area contributed by atoms with Crippen LogP contribution in [0.4, 0.5) is 0 Å². The number of nitrogens with zero attached hydrogens (tertiary/aromatic N) is 1. The van der Waals surface area contributed by atoms with Gasteiger partial charge in [0.2, 0.25) is 0 Å². The number of ether oxygens (including phenoxy) is 2. The maximum absolute atomic E-state index is 13.0. The number of hydrogen-bond donors (Lipinski definition) is 1. The summed E-state index contributed by atoms with van der Waals surface area (Å²) < 4.78 is 24.7. The second kappa shape index (κ2) is 8.49. The zero-order valence-electron chi connectivity index (χ0n) is 16.7. The summed E-state index contributed by atoms with van der Waals surface area (Å²) in [6.45, 7) is 0.497. The predicted octanol–water partition coefficient (Wildman–Crippen LogP) is 4.42. The molecule has 0 saturated carbocycles. The molecular weight excluding hydrogens is 410 g/mol. The maximum Gasteiger partial charge on any atom is 0.130 e. The quantitative estimate of drug-likeness (QED) is 0.507. The van der Waals surface area contributed by atoms with Crippen LogP contribution < -0.4 is 9.47 Å². The molecule has 0 aliphatic carbocycles. The molecule has 0 bridgehead atoms. The third-order valence-corrected chi connectivity index (χ3v) is 7.03. The molecule has 1 aliphatic heterocycles. The minimum absolute atomic E-state index is 0.191. The molecule has 1 aromatic heterocycles. The molecule has 2 heterocycles. The molecule has 0 radical (unpaired) electrons. The molecule has 6 heteroatoms. The van der Waals surface area contributed by atoms with Crippen molar-refractivity contribution in [2.24, 2.45) is 0 Å². The van der Waals surface area contributed by atoms with Crippen LogP contribution in [0.5, 0.6) is 11.5 Å². The average molecular weight is 432 g/mol.